The third-order valence-corrected chi connectivity index (χ3v) is 24.9. The molecule has 0 saturated carbocycles. The Morgan fingerprint density at radius 2 is 0.702 bits per heavy atom. The molecule has 0 atom stereocenters. The van der Waals surface area contributed by atoms with Crippen LogP contribution >= 0.6 is 45.3 Å². The quantitative estimate of drug-likeness (QED) is 0.151. The standard InChI is InChI=1S/C78H40B2S4/c1-38-28-53-42-15-8-19-48-69(42)61(34-57-41-12-2-5-23-63(41)83-77(48)57)80-62-35-58-50-31-39(26-27-66(50)84-78(58)49-20-9-16-43(70(49)62)54(29-38)75(53)80)30-40-32-55-51-36-67-73(44-13-3-6-24-64(44)81-67)46-17-10-21-59(71(46)51)79-60-22-11-18-47-72(60)52(56(33-40)76(55)79)37-68-74(47)45-14-4-7-25-65(45)82-68/h2-29,31-37H,30H2,1H3. The van der Waals surface area contributed by atoms with Gasteiger partial charge in [-0.2, -0.15) is 0 Å². The first-order valence-electron chi connectivity index (χ1n) is 29.4. The molecule has 0 nitrogen and oxygen atoms in total. The highest BCUT2D eigenvalue weighted by Crippen LogP contribution is 2.51. The fourth-order valence-corrected chi connectivity index (χ4v) is 21.9. The third-order valence-electron chi connectivity index (χ3n) is 20.2. The Balaban J connectivity index is 0.785. The molecule has 0 N–H and O–H groups in total. The van der Waals surface area contributed by atoms with Gasteiger partial charge in [0.25, 0.3) is 0 Å². The molecule has 0 aliphatic carbocycles. The molecule has 84 heavy (non-hydrogen) atoms. The molecule has 4 aromatic heterocycles. The highest BCUT2D eigenvalue weighted by molar-refractivity contribution is 7.28. The maximum atomic E-state index is 2.65. The molecule has 0 amide bonds. The van der Waals surface area contributed by atoms with E-state index >= 15 is 0 Å². The van der Waals surface area contributed by atoms with Crippen molar-refractivity contribution in [1.82, 2.24) is 0 Å². The second-order valence-electron chi connectivity index (χ2n) is 24.4. The fourth-order valence-electron chi connectivity index (χ4n) is 17.2. The van der Waals surface area contributed by atoms with E-state index in [1.54, 1.807) is 0 Å². The molecule has 8 heterocycles. The molecule has 4 aliphatic heterocycles. The SMILES string of the molecule is Cc1cc2c3c(c1)-c1cccc4c1c(cc1c5cc(Cc6cc7c8c(c6)-c6cc9sc%10ccccc%10c9c9cccc(c69)B8c6cccc8c6c-7cc6sc7ccccc7c68)ccc5sc41)B3c1cc3c4ccccc4sc3c3cccc-2c13. The van der Waals surface area contributed by atoms with Gasteiger partial charge in [0.1, 0.15) is 0 Å². The van der Waals surface area contributed by atoms with Gasteiger partial charge in [-0.3, -0.25) is 0 Å². The van der Waals surface area contributed by atoms with Crippen molar-refractivity contribution in [2.45, 2.75) is 13.3 Å². The van der Waals surface area contributed by atoms with Gasteiger partial charge in [0.2, 0.25) is 13.4 Å². The number of benzene rings is 14. The molecule has 0 radical (unpaired) electrons. The highest BCUT2D eigenvalue weighted by atomic mass is 32.1. The molecule has 4 aliphatic rings. The summed E-state index contributed by atoms with van der Waals surface area (Å²) < 4.78 is 10.9. The minimum atomic E-state index is 0.0964. The second kappa shape index (κ2) is 15.5. The van der Waals surface area contributed by atoms with Crippen LogP contribution in [0.1, 0.15) is 16.7 Å². The Hall–Kier alpha value is -8.87. The number of rotatable bonds is 2. The van der Waals surface area contributed by atoms with Gasteiger partial charge in [0, 0.05) is 80.7 Å². The molecule has 0 bridgehead atoms. The van der Waals surface area contributed by atoms with Gasteiger partial charge in [-0.25, -0.2) is 0 Å². The molecule has 0 fully saturated rings. The van der Waals surface area contributed by atoms with E-state index in [1.165, 1.54) is 218 Å². The smallest absolute Gasteiger partial charge is 0.135 e. The Morgan fingerprint density at radius 3 is 1.27 bits per heavy atom. The van der Waals surface area contributed by atoms with Crippen molar-refractivity contribution >= 4 is 215 Å². The lowest BCUT2D eigenvalue weighted by Gasteiger charge is -2.35. The topological polar surface area (TPSA) is 0 Å². The predicted molar refractivity (Wildman–Crippen MR) is 373 cm³/mol. The summed E-state index contributed by atoms with van der Waals surface area (Å²) in [6.07, 6.45) is 0.830. The van der Waals surface area contributed by atoms with Crippen LogP contribution in [-0.2, 0) is 6.42 Å². The van der Waals surface area contributed by atoms with Crippen LogP contribution in [0.2, 0.25) is 0 Å². The molecule has 0 unspecified atom stereocenters. The summed E-state index contributed by atoms with van der Waals surface area (Å²) in [6, 6.07) is 83.8. The Kier molecular flexibility index (Phi) is 8.22. The molecular formula is C78H40B2S4. The number of aryl methyl sites for hydroxylation is 1. The molecule has 18 aromatic rings. The fraction of sp³-hybridized carbons (Fsp3) is 0.0256. The number of fused-ring (bicyclic) bond motifs is 24. The van der Waals surface area contributed by atoms with Crippen LogP contribution in [0, 0.1) is 6.92 Å². The van der Waals surface area contributed by atoms with E-state index in [0.29, 0.717) is 0 Å². The Bertz CT molecular complexity index is 6060. The van der Waals surface area contributed by atoms with Crippen LogP contribution in [0.25, 0.3) is 168 Å². The zero-order valence-corrected chi connectivity index (χ0v) is 48.5. The Labute approximate surface area is 498 Å². The van der Waals surface area contributed by atoms with Gasteiger partial charge in [-0.05, 0) is 160 Å². The number of hydrogen-bond acceptors (Lipinski definition) is 4. The van der Waals surface area contributed by atoms with Crippen LogP contribution in [0.4, 0.5) is 0 Å². The summed E-state index contributed by atoms with van der Waals surface area (Å²) in [5, 5.41) is 22.2. The second-order valence-corrected chi connectivity index (χ2v) is 28.7. The van der Waals surface area contributed by atoms with Crippen molar-refractivity contribution in [2.75, 3.05) is 0 Å². The van der Waals surface area contributed by atoms with Crippen LogP contribution in [0.5, 0.6) is 0 Å². The van der Waals surface area contributed by atoms with E-state index in [0.717, 1.165) is 6.42 Å². The van der Waals surface area contributed by atoms with E-state index in [2.05, 4.69) is 219 Å². The summed E-state index contributed by atoms with van der Waals surface area (Å²) >= 11 is 7.81. The predicted octanol–water partition coefficient (Wildman–Crippen LogP) is 18.6. The van der Waals surface area contributed by atoms with E-state index < -0.39 is 0 Å². The van der Waals surface area contributed by atoms with Crippen molar-refractivity contribution in [3.8, 4) is 44.5 Å². The molecule has 14 aromatic carbocycles. The lowest BCUT2D eigenvalue weighted by atomic mass is 9.31. The molecule has 0 spiro atoms. The molecular weight excluding hydrogens is 1090 g/mol. The lowest BCUT2D eigenvalue weighted by molar-refractivity contribution is 1.20. The monoisotopic (exact) mass is 1130 g/mol. The van der Waals surface area contributed by atoms with Crippen LogP contribution in [0.15, 0.2) is 212 Å². The van der Waals surface area contributed by atoms with Gasteiger partial charge in [-0.15, -0.1) is 45.3 Å². The summed E-state index contributed by atoms with van der Waals surface area (Å²) in [7, 11) is 0. The summed E-state index contributed by atoms with van der Waals surface area (Å²) in [5.74, 6) is 0. The third kappa shape index (κ3) is 5.41. The molecule has 6 heteroatoms. The van der Waals surface area contributed by atoms with Crippen molar-refractivity contribution in [3.05, 3.63) is 229 Å². The summed E-state index contributed by atoms with van der Waals surface area (Å²) in [4.78, 5) is 0. The maximum absolute atomic E-state index is 2.65. The maximum Gasteiger partial charge on any atom is 0.244 e. The zero-order chi connectivity index (χ0) is 54.1. The van der Waals surface area contributed by atoms with Crippen molar-refractivity contribution in [3.63, 3.8) is 0 Å². The van der Waals surface area contributed by atoms with Gasteiger partial charge < -0.3 is 0 Å². The molecule has 22 rings (SSSR count). The van der Waals surface area contributed by atoms with Crippen molar-refractivity contribution in [2.24, 2.45) is 0 Å². The van der Waals surface area contributed by atoms with E-state index in [4.69, 9.17) is 0 Å². The first-order valence-corrected chi connectivity index (χ1v) is 32.7. The van der Waals surface area contributed by atoms with Gasteiger partial charge in [0.15, 0.2) is 0 Å². The Morgan fingerprint density at radius 1 is 0.262 bits per heavy atom. The largest absolute Gasteiger partial charge is 0.244 e. The van der Waals surface area contributed by atoms with Crippen LogP contribution in [-0.4, -0.2) is 13.4 Å². The number of hydrogen-bond donors (Lipinski definition) is 0. The van der Waals surface area contributed by atoms with Crippen LogP contribution < -0.4 is 32.8 Å². The normalized spacial score (nSPS) is 13.5. The highest BCUT2D eigenvalue weighted by Gasteiger charge is 2.42. The van der Waals surface area contributed by atoms with E-state index in [9.17, 15) is 0 Å². The lowest BCUT2D eigenvalue weighted by Crippen LogP contribution is -2.57. The number of thiophene rings is 4. The van der Waals surface area contributed by atoms with Gasteiger partial charge in [0.05, 0.1) is 0 Å². The first-order chi connectivity index (χ1) is 41.5. The minimum Gasteiger partial charge on any atom is -0.135 e. The minimum absolute atomic E-state index is 0.0964. The van der Waals surface area contributed by atoms with Crippen LogP contribution in [0.3, 0.4) is 0 Å². The average Bonchev–Trinajstić information content (AvgIpc) is 1.14. The molecule has 0 saturated heterocycles. The zero-order valence-electron chi connectivity index (χ0n) is 45.2. The van der Waals surface area contributed by atoms with Crippen molar-refractivity contribution < 1.29 is 0 Å². The molecule has 382 valence electrons. The average molecular weight is 1130 g/mol. The summed E-state index contributed by atoms with van der Waals surface area (Å²) in [5.41, 5.74) is 23.8. The van der Waals surface area contributed by atoms with E-state index in [1.807, 2.05) is 45.3 Å². The van der Waals surface area contributed by atoms with Crippen molar-refractivity contribution in [1.29, 1.82) is 0 Å². The van der Waals surface area contributed by atoms with Gasteiger partial charge >= 0.3 is 0 Å². The van der Waals surface area contributed by atoms with Gasteiger partial charge in [-0.1, -0.05) is 203 Å². The first kappa shape index (κ1) is 44.7. The van der Waals surface area contributed by atoms with E-state index in [-0.39, 0.29) is 13.4 Å². The summed E-state index contributed by atoms with van der Waals surface area (Å²) in [6.45, 7) is 2.50.